The molecule has 0 aliphatic rings. The third-order valence-electron chi connectivity index (χ3n) is 3.47. The quantitative estimate of drug-likeness (QED) is 0.693. The number of nitrogens with zero attached hydrogens (tertiary/aromatic N) is 1. The first kappa shape index (κ1) is 20.1. The van der Waals surface area contributed by atoms with E-state index in [9.17, 15) is 18.0 Å². The van der Waals surface area contributed by atoms with Gasteiger partial charge in [-0.25, -0.2) is 0 Å². The number of thiocarbonyl (C=S) groups is 1. The smallest absolute Gasteiger partial charge is 0.392 e. The molecular weight excluding hydrogens is 301 g/mol. The topological polar surface area (TPSA) is 46.3 Å². The van der Waals surface area contributed by atoms with Gasteiger partial charge in [-0.3, -0.25) is 4.79 Å². The van der Waals surface area contributed by atoms with Gasteiger partial charge in [-0.05, 0) is 26.7 Å². The lowest BCUT2D eigenvalue weighted by Crippen LogP contribution is -2.54. The molecule has 0 unspecified atom stereocenters. The summed E-state index contributed by atoms with van der Waals surface area (Å²) < 4.78 is 38.2. The van der Waals surface area contributed by atoms with Crippen LogP contribution in [0, 0.1) is 5.41 Å². The molecule has 0 fully saturated rings. The molecule has 0 aromatic heterocycles. The highest BCUT2D eigenvalue weighted by Gasteiger charge is 2.45. The Balaban J connectivity index is 5.63. The van der Waals surface area contributed by atoms with Crippen LogP contribution in [0.1, 0.15) is 53.4 Å². The molecule has 0 radical (unpaired) electrons. The fourth-order valence-electron chi connectivity index (χ4n) is 2.50. The van der Waals surface area contributed by atoms with Gasteiger partial charge in [0.1, 0.15) is 6.54 Å². The average molecular weight is 326 g/mol. The first-order valence-corrected chi connectivity index (χ1v) is 7.60. The fraction of sp³-hybridized carbons (Fsp3) is 0.857. The molecule has 0 heterocycles. The van der Waals surface area contributed by atoms with E-state index in [1.165, 1.54) is 0 Å². The van der Waals surface area contributed by atoms with E-state index >= 15 is 0 Å². The van der Waals surface area contributed by atoms with Crippen LogP contribution in [0.3, 0.4) is 0 Å². The van der Waals surface area contributed by atoms with Crippen LogP contribution in [0.25, 0.3) is 0 Å². The third kappa shape index (κ3) is 5.45. The molecule has 3 nitrogen and oxygen atoms in total. The van der Waals surface area contributed by atoms with Gasteiger partial charge in [-0.1, -0.05) is 38.9 Å². The summed E-state index contributed by atoms with van der Waals surface area (Å²) >= 11 is 5.03. The second kappa shape index (κ2) is 7.96. The number of amides is 1. The second-order valence-electron chi connectivity index (χ2n) is 5.59. The van der Waals surface area contributed by atoms with Crippen LogP contribution in [0.4, 0.5) is 13.2 Å². The Morgan fingerprint density at radius 3 is 1.86 bits per heavy atom. The van der Waals surface area contributed by atoms with Crippen LogP contribution in [0.2, 0.25) is 0 Å². The number of hydrogen-bond acceptors (Lipinski definition) is 2. The summed E-state index contributed by atoms with van der Waals surface area (Å²) in [6.07, 6.45) is -2.45. The van der Waals surface area contributed by atoms with E-state index in [-0.39, 0.29) is 4.99 Å². The van der Waals surface area contributed by atoms with E-state index in [0.29, 0.717) is 25.7 Å². The van der Waals surface area contributed by atoms with Gasteiger partial charge < -0.3 is 10.6 Å². The lowest BCUT2D eigenvalue weighted by atomic mass is 9.77. The highest BCUT2D eigenvalue weighted by molar-refractivity contribution is 7.80. The zero-order valence-corrected chi connectivity index (χ0v) is 13.9. The molecule has 0 rings (SSSR count). The Morgan fingerprint density at radius 1 is 1.19 bits per heavy atom. The van der Waals surface area contributed by atoms with Gasteiger partial charge in [0.15, 0.2) is 0 Å². The molecule has 0 bridgehead atoms. The second-order valence-corrected chi connectivity index (χ2v) is 6.03. The van der Waals surface area contributed by atoms with Crippen molar-refractivity contribution in [2.24, 2.45) is 11.1 Å². The Morgan fingerprint density at radius 2 is 1.62 bits per heavy atom. The van der Waals surface area contributed by atoms with Crippen LogP contribution >= 0.6 is 12.2 Å². The number of alkyl halides is 3. The molecule has 0 aliphatic heterocycles. The van der Waals surface area contributed by atoms with Crippen molar-refractivity contribution in [3.63, 3.8) is 0 Å². The molecule has 0 aliphatic carbocycles. The summed E-state index contributed by atoms with van der Waals surface area (Å²) in [6, 6.07) is -0.568. The molecule has 21 heavy (non-hydrogen) atoms. The predicted octanol–water partition coefficient (Wildman–Crippen LogP) is 3.66. The van der Waals surface area contributed by atoms with Crippen LogP contribution in [0.5, 0.6) is 0 Å². The monoisotopic (exact) mass is 326 g/mol. The first-order chi connectivity index (χ1) is 9.51. The van der Waals surface area contributed by atoms with Crippen LogP contribution in [-0.4, -0.2) is 34.6 Å². The number of carbonyl (C=O) groups is 1. The van der Waals surface area contributed by atoms with Gasteiger partial charge in [0.2, 0.25) is 5.91 Å². The average Bonchev–Trinajstić information content (AvgIpc) is 2.33. The molecule has 0 aromatic rings. The summed E-state index contributed by atoms with van der Waals surface area (Å²) in [5.41, 5.74) is 4.58. The maximum atomic E-state index is 12.8. The van der Waals surface area contributed by atoms with Gasteiger partial charge in [0.05, 0.1) is 10.4 Å². The molecule has 1 amide bonds. The van der Waals surface area contributed by atoms with Crippen molar-refractivity contribution in [3.05, 3.63) is 0 Å². The predicted molar refractivity (Wildman–Crippen MR) is 81.9 cm³/mol. The lowest BCUT2D eigenvalue weighted by molar-refractivity contribution is -0.169. The third-order valence-corrected chi connectivity index (χ3v) is 3.86. The van der Waals surface area contributed by atoms with Gasteiger partial charge in [-0.2, -0.15) is 13.2 Å². The molecule has 0 saturated heterocycles. The molecular formula is C14H25F3N2OS. The van der Waals surface area contributed by atoms with Crippen molar-refractivity contribution in [1.29, 1.82) is 0 Å². The fourth-order valence-corrected chi connectivity index (χ4v) is 2.79. The van der Waals surface area contributed by atoms with E-state index in [1.54, 1.807) is 13.8 Å². The Labute approximate surface area is 130 Å². The van der Waals surface area contributed by atoms with Crippen molar-refractivity contribution in [2.45, 2.75) is 65.6 Å². The van der Waals surface area contributed by atoms with E-state index in [0.717, 1.165) is 4.90 Å². The van der Waals surface area contributed by atoms with E-state index in [4.69, 9.17) is 18.0 Å². The minimum absolute atomic E-state index is 0.0102. The largest absolute Gasteiger partial charge is 0.406 e. The maximum Gasteiger partial charge on any atom is 0.406 e. The molecule has 0 aromatic carbocycles. The molecule has 7 heteroatoms. The zero-order valence-electron chi connectivity index (χ0n) is 13.1. The number of hydrogen-bond donors (Lipinski definition) is 1. The number of carbonyl (C=O) groups excluding carboxylic acids is 1. The molecule has 0 atom stereocenters. The molecule has 2 N–H and O–H groups in total. The highest BCUT2D eigenvalue weighted by atomic mass is 32.1. The van der Waals surface area contributed by atoms with Crippen molar-refractivity contribution in [2.75, 3.05) is 6.54 Å². The summed E-state index contributed by atoms with van der Waals surface area (Å²) in [7, 11) is 0. The maximum absolute atomic E-state index is 12.8. The van der Waals surface area contributed by atoms with Gasteiger partial charge in [0, 0.05) is 6.04 Å². The minimum Gasteiger partial charge on any atom is -0.392 e. The summed E-state index contributed by atoms with van der Waals surface area (Å²) in [4.78, 5) is 13.6. The van der Waals surface area contributed by atoms with E-state index < -0.39 is 30.1 Å². The Bertz CT molecular complexity index is 364. The number of nitrogens with two attached hydrogens (primary N) is 1. The van der Waals surface area contributed by atoms with Crippen molar-refractivity contribution < 1.29 is 18.0 Å². The zero-order chi connectivity index (χ0) is 16.8. The van der Waals surface area contributed by atoms with E-state index in [1.807, 2.05) is 13.8 Å². The van der Waals surface area contributed by atoms with Gasteiger partial charge in [-0.15, -0.1) is 0 Å². The highest BCUT2D eigenvalue weighted by Crippen LogP contribution is 2.34. The van der Waals surface area contributed by atoms with E-state index in [2.05, 4.69) is 0 Å². The molecule has 124 valence electrons. The number of rotatable bonds is 8. The van der Waals surface area contributed by atoms with Gasteiger partial charge >= 0.3 is 6.18 Å². The number of halogens is 3. The Kier molecular flexibility index (Phi) is 7.64. The van der Waals surface area contributed by atoms with Crippen LogP contribution < -0.4 is 5.73 Å². The summed E-state index contributed by atoms with van der Waals surface area (Å²) in [6.45, 7) is 5.57. The van der Waals surface area contributed by atoms with Crippen LogP contribution in [-0.2, 0) is 4.79 Å². The SMILES string of the molecule is CCCC(CCC)(C(=O)N(CC(F)(F)F)C(C)C)C(N)=S. The normalized spacial score (nSPS) is 12.6. The van der Waals surface area contributed by atoms with Crippen molar-refractivity contribution >= 4 is 23.1 Å². The minimum atomic E-state index is -4.44. The molecule has 0 saturated carbocycles. The van der Waals surface area contributed by atoms with Gasteiger partial charge in [0.25, 0.3) is 0 Å². The molecule has 0 spiro atoms. The van der Waals surface area contributed by atoms with Crippen molar-refractivity contribution in [1.82, 2.24) is 4.90 Å². The lowest BCUT2D eigenvalue weighted by Gasteiger charge is -2.38. The van der Waals surface area contributed by atoms with Crippen molar-refractivity contribution in [3.8, 4) is 0 Å². The first-order valence-electron chi connectivity index (χ1n) is 7.19. The summed E-state index contributed by atoms with van der Waals surface area (Å²) in [5.74, 6) is -0.606. The standard InChI is InChI=1S/C14H25F3N2OS/c1-5-7-13(8-6-2,11(18)21)12(20)19(10(3)4)9-14(15,16)17/h10H,5-9H2,1-4H3,(H2,18,21). The van der Waals surface area contributed by atoms with Crippen LogP contribution in [0.15, 0.2) is 0 Å². The summed E-state index contributed by atoms with van der Waals surface area (Å²) in [5, 5.41) is 0. The Hall–Kier alpha value is -0.850.